The number of nitrogens with zero attached hydrogens (tertiary/aromatic N) is 4. The molecular formula is C12H8BrN7. The van der Waals surface area contributed by atoms with Gasteiger partial charge in [-0.25, -0.2) is 0 Å². The fourth-order valence-corrected chi connectivity index (χ4v) is 2.24. The van der Waals surface area contributed by atoms with Crippen LogP contribution in [0, 0.1) is 11.3 Å². The quantitative estimate of drug-likeness (QED) is 0.664. The number of aromatic nitrogens is 4. The smallest absolute Gasteiger partial charge is 0.224 e. The van der Waals surface area contributed by atoms with Gasteiger partial charge in [0.25, 0.3) is 0 Å². The molecule has 0 fully saturated rings. The number of benzene rings is 1. The topological polar surface area (TPSA) is 116 Å². The van der Waals surface area contributed by atoms with E-state index in [2.05, 4.69) is 47.5 Å². The van der Waals surface area contributed by atoms with E-state index in [0.717, 1.165) is 15.5 Å². The second-order valence-electron chi connectivity index (χ2n) is 3.99. The van der Waals surface area contributed by atoms with Crippen LogP contribution in [0.5, 0.6) is 0 Å². The highest BCUT2D eigenvalue weighted by molar-refractivity contribution is 9.10. The lowest BCUT2D eigenvalue weighted by Crippen LogP contribution is -2.01. The molecule has 0 atom stereocenters. The van der Waals surface area contributed by atoms with Gasteiger partial charge in [0.15, 0.2) is 5.65 Å². The molecule has 0 unspecified atom stereocenters. The third-order valence-electron chi connectivity index (χ3n) is 2.68. The lowest BCUT2D eigenvalue weighted by Gasteiger charge is -2.09. The highest BCUT2D eigenvalue weighted by Gasteiger charge is 2.10. The van der Waals surface area contributed by atoms with Gasteiger partial charge in [0.1, 0.15) is 5.82 Å². The zero-order chi connectivity index (χ0) is 14.1. The van der Waals surface area contributed by atoms with Crippen molar-refractivity contribution < 1.29 is 0 Å². The lowest BCUT2D eigenvalue weighted by atomic mass is 10.2. The standard InChI is InChI=1S/C12H8BrN7/c13-8-3-6(4-14)1-2-9(8)17-10-7-5-16-20-11(7)19-12(15)18-10/h1-3,5H,(H4,15,16,17,18,19,20). The van der Waals surface area contributed by atoms with Crippen LogP contribution in [0.3, 0.4) is 0 Å². The van der Waals surface area contributed by atoms with Crippen LogP contribution in [0.1, 0.15) is 5.56 Å². The first-order chi connectivity index (χ1) is 9.67. The zero-order valence-corrected chi connectivity index (χ0v) is 11.6. The van der Waals surface area contributed by atoms with Crippen molar-refractivity contribution in [2.45, 2.75) is 0 Å². The maximum Gasteiger partial charge on any atom is 0.224 e. The fraction of sp³-hybridized carbons (Fsp3) is 0. The second-order valence-corrected chi connectivity index (χ2v) is 4.85. The molecule has 3 aromatic rings. The summed E-state index contributed by atoms with van der Waals surface area (Å²) in [5.74, 6) is 0.695. The molecule has 2 heterocycles. The highest BCUT2D eigenvalue weighted by atomic mass is 79.9. The summed E-state index contributed by atoms with van der Waals surface area (Å²) in [4.78, 5) is 8.20. The summed E-state index contributed by atoms with van der Waals surface area (Å²) in [6.45, 7) is 0. The molecule has 4 N–H and O–H groups in total. The van der Waals surface area contributed by atoms with Crippen molar-refractivity contribution >= 4 is 44.4 Å². The Balaban J connectivity index is 2.05. The molecule has 0 aliphatic carbocycles. The highest BCUT2D eigenvalue weighted by Crippen LogP contribution is 2.29. The first-order valence-corrected chi connectivity index (χ1v) is 6.40. The molecule has 98 valence electrons. The minimum Gasteiger partial charge on any atom is -0.368 e. The molecule has 2 aromatic heterocycles. The van der Waals surface area contributed by atoms with Crippen LogP contribution in [0.2, 0.25) is 0 Å². The van der Waals surface area contributed by atoms with Crippen molar-refractivity contribution in [3.8, 4) is 6.07 Å². The Kier molecular flexibility index (Phi) is 2.96. The zero-order valence-electron chi connectivity index (χ0n) is 10.1. The number of hydrogen-bond acceptors (Lipinski definition) is 6. The van der Waals surface area contributed by atoms with Crippen molar-refractivity contribution in [2.24, 2.45) is 0 Å². The number of aromatic amines is 1. The van der Waals surface area contributed by atoms with Gasteiger partial charge in [-0.1, -0.05) is 0 Å². The van der Waals surface area contributed by atoms with E-state index >= 15 is 0 Å². The van der Waals surface area contributed by atoms with Gasteiger partial charge in [0.2, 0.25) is 5.95 Å². The van der Waals surface area contributed by atoms with Crippen LogP contribution >= 0.6 is 15.9 Å². The number of anilines is 3. The summed E-state index contributed by atoms with van der Waals surface area (Å²) in [5, 5.41) is 19.4. The molecule has 0 saturated heterocycles. The number of nitrogens with two attached hydrogens (primary N) is 1. The van der Waals surface area contributed by atoms with Gasteiger partial charge in [-0.15, -0.1) is 0 Å². The second kappa shape index (κ2) is 4.79. The summed E-state index contributed by atoms with van der Waals surface area (Å²) in [5.41, 5.74) is 7.55. The Bertz CT molecular complexity index is 833. The van der Waals surface area contributed by atoms with E-state index in [-0.39, 0.29) is 5.95 Å². The molecule has 8 heteroatoms. The largest absolute Gasteiger partial charge is 0.368 e. The average Bonchev–Trinajstić information content (AvgIpc) is 2.89. The molecular weight excluding hydrogens is 322 g/mol. The first kappa shape index (κ1) is 12.4. The van der Waals surface area contributed by atoms with Crippen LogP contribution in [0.15, 0.2) is 28.9 Å². The maximum absolute atomic E-state index is 8.85. The summed E-state index contributed by atoms with van der Waals surface area (Å²) in [7, 11) is 0. The number of nitriles is 1. The molecule has 0 aliphatic rings. The number of nitrogen functional groups attached to an aromatic ring is 1. The number of halogens is 1. The minimum atomic E-state index is 0.147. The summed E-state index contributed by atoms with van der Waals surface area (Å²) in [6, 6.07) is 7.29. The molecule has 0 spiro atoms. The Morgan fingerprint density at radius 1 is 1.35 bits per heavy atom. The van der Waals surface area contributed by atoms with Gasteiger partial charge in [-0.2, -0.15) is 20.3 Å². The number of fused-ring (bicyclic) bond motifs is 1. The molecule has 0 amide bonds. The van der Waals surface area contributed by atoms with Crippen LogP contribution in [0.25, 0.3) is 11.0 Å². The summed E-state index contributed by atoms with van der Waals surface area (Å²) in [6.07, 6.45) is 1.62. The van der Waals surface area contributed by atoms with Gasteiger partial charge in [0.05, 0.1) is 28.9 Å². The fourth-order valence-electron chi connectivity index (χ4n) is 1.76. The lowest BCUT2D eigenvalue weighted by molar-refractivity contribution is 1.09. The van der Waals surface area contributed by atoms with Gasteiger partial charge in [-0.05, 0) is 34.1 Å². The van der Waals surface area contributed by atoms with E-state index in [0.29, 0.717) is 17.0 Å². The van der Waals surface area contributed by atoms with Gasteiger partial charge < -0.3 is 11.1 Å². The van der Waals surface area contributed by atoms with Crippen molar-refractivity contribution in [1.29, 1.82) is 5.26 Å². The van der Waals surface area contributed by atoms with E-state index in [1.165, 1.54) is 0 Å². The molecule has 7 nitrogen and oxygen atoms in total. The van der Waals surface area contributed by atoms with E-state index in [9.17, 15) is 0 Å². The first-order valence-electron chi connectivity index (χ1n) is 5.60. The normalized spacial score (nSPS) is 10.4. The molecule has 0 bridgehead atoms. The van der Waals surface area contributed by atoms with E-state index in [1.54, 1.807) is 24.4 Å². The Labute approximate surface area is 122 Å². The third-order valence-corrected chi connectivity index (χ3v) is 3.33. The number of rotatable bonds is 2. The molecule has 0 saturated carbocycles. The number of hydrogen-bond donors (Lipinski definition) is 3. The molecule has 1 aromatic carbocycles. The number of nitrogens with one attached hydrogen (secondary N) is 2. The Morgan fingerprint density at radius 2 is 2.20 bits per heavy atom. The monoisotopic (exact) mass is 329 g/mol. The summed E-state index contributed by atoms with van der Waals surface area (Å²) < 4.78 is 0.755. The van der Waals surface area contributed by atoms with E-state index < -0.39 is 0 Å². The van der Waals surface area contributed by atoms with Crippen molar-refractivity contribution in [3.05, 3.63) is 34.4 Å². The minimum absolute atomic E-state index is 0.147. The number of H-pyrrole nitrogens is 1. The predicted octanol–water partition coefficient (Wildman–Crippen LogP) is 2.31. The van der Waals surface area contributed by atoms with Crippen molar-refractivity contribution in [2.75, 3.05) is 11.1 Å². The maximum atomic E-state index is 8.85. The van der Waals surface area contributed by atoms with Crippen LogP contribution < -0.4 is 11.1 Å². The molecule has 3 rings (SSSR count). The van der Waals surface area contributed by atoms with Crippen LogP contribution in [-0.4, -0.2) is 20.2 Å². The Hall–Kier alpha value is -2.66. The third kappa shape index (κ3) is 2.15. The Morgan fingerprint density at radius 3 is 2.95 bits per heavy atom. The van der Waals surface area contributed by atoms with Gasteiger partial charge >= 0.3 is 0 Å². The van der Waals surface area contributed by atoms with E-state index in [4.69, 9.17) is 11.0 Å². The van der Waals surface area contributed by atoms with Crippen LogP contribution in [0.4, 0.5) is 17.5 Å². The van der Waals surface area contributed by atoms with Crippen molar-refractivity contribution in [1.82, 2.24) is 20.2 Å². The van der Waals surface area contributed by atoms with Gasteiger partial charge in [0, 0.05) is 4.47 Å². The molecule has 0 radical (unpaired) electrons. The summed E-state index contributed by atoms with van der Waals surface area (Å²) >= 11 is 3.41. The van der Waals surface area contributed by atoms with Crippen molar-refractivity contribution in [3.63, 3.8) is 0 Å². The van der Waals surface area contributed by atoms with E-state index in [1.807, 2.05) is 0 Å². The molecule has 20 heavy (non-hydrogen) atoms. The predicted molar refractivity (Wildman–Crippen MR) is 78.2 cm³/mol. The molecule has 0 aliphatic heterocycles. The van der Waals surface area contributed by atoms with Crippen LogP contribution in [-0.2, 0) is 0 Å². The van der Waals surface area contributed by atoms with Gasteiger partial charge in [-0.3, -0.25) is 5.10 Å². The SMILES string of the molecule is N#Cc1ccc(Nc2nc(N)nc3[nH]ncc23)c(Br)c1. The average molecular weight is 330 g/mol.